The van der Waals surface area contributed by atoms with Gasteiger partial charge in [-0.1, -0.05) is 13.3 Å². The van der Waals surface area contributed by atoms with Crippen molar-refractivity contribution in [2.75, 3.05) is 6.61 Å². The van der Waals surface area contributed by atoms with Gasteiger partial charge in [0.2, 0.25) is 0 Å². The molecule has 0 bridgehead atoms. The standard InChI is InChI=1S/C22H26O7/c1-6-7-8-28-21(26)17-12(3)10-16(14(5)20(17)25)29-22(27)18-11(2)9-15(23)13(4)19(18)24/h9-10,23-25H,6-8H2,1-5H3. The number of aryl methyl sites for hydroxylation is 2. The summed E-state index contributed by atoms with van der Waals surface area (Å²) in [6.07, 6.45) is 1.59. The number of phenols is 3. The Labute approximate surface area is 169 Å². The lowest BCUT2D eigenvalue weighted by atomic mass is 10.0. The quantitative estimate of drug-likeness (QED) is 0.377. The highest BCUT2D eigenvalue weighted by molar-refractivity contribution is 5.98. The van der Waals surface area contributed by atoms with Crippen LogP contribution in [0.2, 0.25) is 0 Å². The molecular formula is C22H26O7. The van der Waals surface area contributed by atoms with E-state index in [1.54, 1.807) is 13.8 Å². The van der Waals surface area contributed by atoms with Crippen LogP contribution >= 0.6 is 0 Å². The number of hydrogen-bond acceptors (Lipinski definition) is 7. The first-order valence-corrected chi connectivity index (χ1v) is 9.34. The average molecular weight is 402 g/mol. The van der Waals surface area contributed by atoms with Gasteiger partial charge in [0.05, 0.1) is 6.61 Å². The fraction of sp³-hybridized carbons (Fsp3) is 0.364. The van der Waals surface area contributed by atoms with E-state index in [-0.39, 0.29) is 51.9 Å². The zero-order valence-electron chi connectivity index (χ0n) is 17.3. The predicted molar refractivity (Wildman–Crippen MR) is 107 cm³/mol. The van der Waals surface area contributed by atoms with Crippen LogP contribution in [0.5, 0.6) is 23.0 Å². The normalized spacial score (nSPS) is 10.7. The van der Waals surface area contributed by atoms with Gasteiger partial charge in [-0.05, 0) is 57.4 Å². The zero-order valence-corrected chi connectivity index (χ0v) is 17.3. The van der Waals surface area contributed by atoms with Crippen LogP contribution in [0.1, 0.15) is 62.7 Å². The maximum atomic E-state index is 12.7. The molecule has 0 aromatic heterocycles. The summed E-state index contributed by atoms with van der Waals surface area (Å²) >= 11 is 0. The lowest BCUT2D eigenvalue weighted by Crippen LogP contribution is -2.14. The van der Waals surface area contributed by atoms with Crippen LogP contribution in [-0.4, -0.2) is 33.9 Å². The van der Waals surface area contributed by atoms with Crippen molar-refractivity contribution in [3.8, 4) is 23.0 Å². The molecule has 2 aromatic carbocycles. The summed E-state index contributed by atoms with van der Waals surface area (Å²) in [5, 5.41) is 30.5. The maximum absolute atomic E-state index is 12.7. The van der Waals surface area contributed by atoms with E-state index in [4.69, 9.17) is 9.47 Å². The fourth-order valence-corrected chi connectivity index (χ4v) is 2.90. The van der Waals surface area contributed by atoms with E-state index in [0.29, 0.717) is 11.1 Å². The van der Waals surface area contributed by atoms with E-state index in [1.807, 2.05) is 6.92 Å². The molecule has 7 nitrogen and oxygen atoms in total. The summed E-state index contributed by atoms with van der Waals surface area (Å²) in [5.41, 5.74) is 1.02. The summed E-state index contributed by atoms with van der Waals surface area (Å²) in [6.45, 7) is 8.36. The SMILES string of the molecule is CCCCOC(=O)c1c(C)cc(OC(=O)c2c(C)cc(O)c(C)c2O)c(C)c1O. The molecule has 0 aliphatic carbocycles. The van der Waals surface area contributed by atoms with Crippen molar-refractivity contribution >= 4 is 11.9 Å². The molecule has 0 saturated carbocycles. The van der Waals surface area contributed by atoms with E-state index < -0.39 is 11.9 Å². The largest absolute Gasteiger partial charge is 0.508 e. The van der Waals surface area contributed by atoms with E-state index in [2.05, 4.69) is 0 Å². The molecule has 0 saturated heterocycles. The lowest BCUT2D eigenvalue weighted by molar-refractivity contribution is 0.0495. The van der Waals surface area contributed by atoms with E-state index in [9.17, 15) is 24.9 Å². The number of carbonyl (C=O) groups excluding carboxylic acids is 2. The van der Waals surface area contributed by atoms with Crippen molar-refractivity contribution in [3.05, 3.63) is 45.5 Å². The Hall–Kier alpha value is -3.22. The maximum Gasteiger partial charge on any atom is 0.347 e. The van der Waals surface area contributed by atoms with Gasteiger partial charge < -0.3 is 24.8 Å². The van der Waals surface area contributed by atoms with Gasteiger partial charge in [-0.3, -0.25) is 0 Å². The minimum Gasteiger partial charge on any atom is -0.508 e. The van der Waals surface area contributed by atoms with Crippen molar-refractivity contribution in [2.24, 2.45) is 0 Å². The smallest absolute Gasteiger partial charge is 0.347 e. The van der Waals surface area contributed by atoms with Crippen LogP contribution in [-0.2, 0) is 4.74 Å². The second kappa shape index (κ2) is 8.86. The second-order valence-electron chi connectivity index (χ2n) is 6.98. The summed E-state index contributed by atoms with van der Waals surface area (Å²) in [6, 6.07) is 2.82. The van der Waals surface area contributed by atoms with E-state index in [0.717, 1.165) is 12.8 Å². The van der Waals surface area contributed by atoms with Crippen molar-refractivity contribution in [1.29, 1.82) is 0 Å². The number of esters is 2. The molecule has 7 heteroatoms. The molecule has 0 spiro atoms. The Morgan fingerprint density at radius 3 is 2.03 bits per heavy atom. The molecule has 0 aliphatic heterocycles. The average Bonchev–Trinajstić information content (AvgIpc) is 2.64. The van der Waals surface area contributed by atoms with Crippen LogP contribution < -0.4 is 4.74 Å². The molecule has 29 heavy (non-hydrogen) atoms. The second-order valence-corrected chi connectivity index (χ2v) is 6.98. The number of carbonyl (C=O) groups is 2. The summed E-state index contributed by atoms with van der Waals surface area (Å²) < 4.78 is 10.6. The molecule has 0 amide bonds. The first-order valence-electron chi connectivity index (χ1n) is 9.34. The van der Waals surface area contributed by atoms with Crippen molar-refractivity contribution in [3.63, 3.8) is 0 Å². The molecule has 0 heterocycles. The minimum absolute atomic E-state index is 0.0258. The highest BCUT2D eigenvalue weighted by Crippen LogP contribution is 2.37. The van der Waals surface area contributed by atoms with Gasteiger partial charge in [0.15, 0.2) is 0 Å². The van der Waals surface area contributed by atoms with Gasteiger partial charge in [0.1, 0.15) is 34.1 Å². The van der Waals surface area contributed by atoms with Crippen LogP contribution in [0.25, 0.3) is 0 Å². The molecule has 2 aromatic rings. The number of ether oxygens (including phenoxy) is 2. The summed E-state index contributed by atoms with van der Waals surface area (Å²) in [7, 11) is 0. The Kier molecular flexibility index (Phi) is 6.74. The summed E-state index contributed by atoms with van der Waals surface area (Å²) in [5.74, 6) is -2.26. The molecule has 0 aliphatic rings. The minimum atomic E-state index is -0.844. The topological polar surface area (TPSA) is 113 Å². The van der Waals surface area contributed by atoms with E-state index in [1.165, 1.54) is 26.0 Å². The van der Waals surface area contributed by atoms with Crippen molar-refractivity contribution in [2.45, 2.75) is 47.5 Å². The summed E-state index contributed by atoms with van der Waals surface area (Å²) in [4.78, 5) is 24.9. The molecule has 3 N–H and O–H groups in total. The number of rotatable bonds is 6. The van der Waals surface area contributed by atoms with Gasteiger partial charge in [-0.15, -0.1) is 0 Å². The Morgan fingerprint density at radius 1 is 0.862 bits per heavy atom. The van der Waals surface area contributed by atoms with Crippen LogP contribution in [0, 0.1) is 27.7 Å². The van der Waals surface area contributed by atoms with Gasteiger partial charge in [0.25, 0.3) is 0 Å². The Bertz CT molecular complexity index is 961. The Balaban J connectivity index is 2.37. The third kappa shape index (κ3) is 4.45. The van der Waals surface area contributed by atoms with Gasteiger partial charge in [-0.2, -0.15) is 0 Å². The molecule has 0 radical (unpaired) electrons. The molecular weight excluding hydrogens is 376 g/mol. The van der Waals surface area contributed by atoms with Gasteiger partial charge in [0, 0.05) is 11.1 Å². The predicted octanol–water partition coefficient (Wildman–Crippen LogP) is 4.21. The first kappa shape index (κ1) is 22.1. The number of benzene rings is 2. The van der Waals surface area contributed by atoms with Gasteiger partial charge >= 0.3 is 11.9 Å². The van der Waals surface area contributed by atoms with Crippen molar-refractivity contribution < 1.29 is 34.4 Å². The van der Waals surface area contributed by atoms with Crippen LogP contribution in [0.3, 0.4) is 0 Å². The van der Waals surface area contributed by atoms with Gasteiger partial charge in [-0.25, -0.2) is 9.59 Å². The fourth-order valence-electron chi connectivity index (χ4n) is 2.90. The first-order chi connectivity index (χ1) is 13.6. The molecule has 0 fully saturated rings. The highest BCUT2D eigenvalue weighted by Gasteiger charge is 2.25. The number of aromatic hydroxyl groups is 3. The molecule has 2 rings (SSSR count). The molecule has 156 valence electrons. The van der Waals surface area contributed by atoms with Crippen LogP contribution in [0.15, 0.2) is 12.1 Å². The monoisotopic (exact) mass is 402 g/mol. The molecule has 0 atom stereocenters. The molecule has 0 unspecified atom stereocenters. The lowest BCUT2D eigenvalue weighted by Gasteiger charge is -2.16. The van der Waals surface area contributed by atoms with E-state index >= 15 is 0 Å². The Morgan fingerprint density at radius 2 is 1.41 bits per heavy atom. The zero-order chi connectivity index (χ0) is 21.9. The van der Waals surface area contributed by atoms with Crippen LogP contribution in [0.4, 0.5) is 0 Å². The third-order valence-corrected chi connectivity index (χ3v) is 4.77. The third-order valence-electron chi connectivity index (χ3n) is 4.77. The number of unbranched alkanes of at least 4 members (excludes halogenated alkanes) is 1. The number of hydrogen-bond donors (Lipinski definition) is 3. The van der Waals surface area contributed by atoms with Crippen molar-refractivity contribution in [1.82, 2.24) is 0 Å². The highest BCUT2D eigenvalue weighted by atomic mass is 16.5. The number of phenolic OH excluding ortho intramolecular Hbond substituents is 3.